The van der Waals surface area contributed by atoms with Gasteiger partial charge in [0.05, 0.1) is 11.1 Å². The van der Waals surface area contributed by atoms with E-state index in [0.29, 0.717) is 12.8 Å². The molecule has 2 N–H and O–H groups in total. The minimum absolute atomic E-state index is 0.0282. The minimum atomic E-state index is -4.29. The summed E-state index contributed by atoms with van der Waals surface area (Å²) >= 11 is 5.71. The van der Waals surface area contributed by atoms with Crippen molar-refractivity contribution in [1.82, 2.24) is 4.31 Å². The Morgan fingerprint density at radius 2 is 1.84 bits per heavy atom. The Morgan fingerprint density at radius 1 is 1.16 bits per heavy atom. The average molecular weight is 473 g/mol. The van der Waals surface area contributed by atoms with Crippen LogP contribution in [-0.4, -0.2) is 41.9 Å². The molecule has 1 aliphatic rings. The van der Waals surface area contributed by atoms with Crippen molar-refractivity contribution in [2.24, 2.45) is 0 Å². The molecule has 0 bridgehead atoms. The van der Waals surface area contributed by atoms with Crippen LogP contribution in [0.15, 0.2) is 41.3 Å². The Morgan fingerprint density at radius 3 is 2.52 bits per heavy atom. The maximum atomic E-state index is 14.6. The van der Waals surface area contributed by atoms with Gasteiger partial charge in [-0.2, -0.15) is 4.31 Å². The lowest BCUT2D eigenvalue weighted by molar-refractivity contribution is 0.102. The molecule has 0 aliphatic carbocycles. The van der Waals surface area contributed by atoms with Crippen molar-refractivity contribution in [2.45, 2.75) is 49.6 Å². The van der Waals surface area contributed by atoms with Crippen LogP contribution in [0.1, 0.15) is 43.5 Å². The van der Waals surface area contributed by atoms with Crippen LogP contribution in [0.3, 0.4) is 0 Å². The Labute approximate surface area is 184 Å². The molecule has 0 saturated carbocycles. The molecule has 31 heavy (non-hydrogen) atoms. The Kier molecular flexibility index (Phi) is 6.71. The summed E-state index contributed by atoms with van der Waals surface area (Å²) < 4.78 is 55.7. The lowest BCUT2D eigenvalue weighted by Crippen LogP contribution is -2.47. The van der Waals surface area contributed by atoms with E-state index < -0.39 is 44.1 Å². The summed E-state index contributed by atoms with van der Waals surface area (Å²) in [7, 11) is -4.29. The van der Waals surface area contributed by atoms with Crippen molar-refractivity contribution in [2.75, 3.05) is 11.9 Å². The smallest absolute Gasteiger partial charge is 0.255 e. The predicted molar refractivity (Wildman–Crippen MR) is 114 cm³/mol. The quantitative estimate of drug-likeness (QED) is 0.698. The van der Waals surface area contributed by atoms with Crippen molar-refractivity contribution in [3.05, 3.63) is 58.6 Å². The van der Waals surface area contributed by atoms with Crippen LogP contribution in [-0.2, 0) is 10.0 Å². The standard InChI is InChI=1S/C21H23ClF2N2O4S/c1-21(2)9-7-15(27)8-10-26(21)31(29,30)19-11-13(3-5-18(19)24)20(28)25-14-4-6-17(23)16(22)12-14/h3-6,11-12,15,27H,7-10H2,1-2H3,(H,25,28). The summed E-state index contributed by atoms with van der Waals surface area (Å²) in [6.07, 6.45) is 0.435. The molecule has 0 spiro atoms. The number of rotatable bonds is 4. The topological polar surface area (TPSA) is 86.7 Å². The number of halogens is 3. The van der Waals surface area contributed by atoms with Gasteiger partial charge in [0.1, 0.15) is 16.5 Å². The monoisotopic (exact) mass is 472 g/mol. The van der Waals surface area contributed by atoms with E-state index in [0.717, 1.165) is 24.3 Å². The van der Waals surface area contributed by atoms with Gasteiger partial charge in [-0.15, -0.1) is 0 Å². The lowest BCUT2D eigenvalue weighted by Gasteiger charge is -2.36. The van der Waals surface area contributed by atoms with Crippen LogP contribution in [0.4, 0.5) is 14.5 Å². The number of amides is 1. The number of carbonyl (C=O) groups excluding carboxylic acids is 1. The first-order valence-corrected chi connectivity index (χ1v) is 11.5. The highest BCUT2D eigenvalue weighted by Crippen LogP contribution is 2.33. The van der Waals surface area contributed by atoms with Gasteiger partial charge in [0.15, 0.2) is 0 Å². The molecule has 0 radical (unpaired) electrons. The molecule has 1 fully saturated rings. The zero-order valence-corrected chi connectivity index (χ0v) is 18.6. The fourth-order valence-corrected chi connectivity index (χ4v) is 5.64. The molecule has 1 amide bonds. The third-order valence-corrected chi connectivity index (χ3v) is 7.78. The van der Waals surface area contributed by atoms with Crippen molar-refractivity contribution >= 4 is 33.2 Å². The van der Waals surface area contributed by atoms with E-state index in [9.17, 15) is 27.1 Å². The SMILES string of the molecule is CC1(C)CCC(O)CCN1S(=O)(=O)c1cc(C(=O)Nc2ccc(F)c(Cl)c2)ccc1F. The van der Waals surface area contributed by atoms with Crippen LogP contribution in [0.5, 0.6) is 0 Å². The van der Waals surface area contributed by atoms with Crippen LogP contribution in [0, 0.1) is 11.6 Å². The van der Waals surface area contributed by atoms with E-state index in [1.807, 2.05) is 0 Å². The summed E-state index contributed by atoms with van der Waals surface area (Å²) in [6.45, 7) is 3.46. The number of hydrogen-bond donors (Lipinski definition) is 2. The maximum Gasteiger partial charge on any atom is 0.255 e. The molecule has 1 atom stereocenters. The normalized spacial score (nSPS) is 19.6. The van der Waals surface area contributed by atoms with E-state index in [1.54, 1.807) is 13.8 Å². The highest BCUT2D eigenvalue weighted by Gasteiger charge is 2.40. The van der Waals surface area contributed by atoms with Gasteiger partial charge in [0, 0.05) is 23.3 Å². The number of nitrogens with one attached hydrogen (secondary N) is 1. The molecule has 1 unspecified atom stereocenters. The van der Waals surface area contributed by atoms with Gasteiger partial charge < -0.3 is 10.4 Å². The van der Waals surface area contributed by atoms with Crippen molar-refractivity contribution in [3.8, 4) is 0 Å². The number of nitrogens with zero attached hydrogens (tertiary/aromatic N) is 1. The summed E-state index contributed by atoms with van der Waals surface area (Å²) in [4.78, 5) is 12.0. The number of aliphatic hydroxyl groups excluding tert-OH is 1. The van der Waals surface area contributed by atoms with Crippen LogP contribution in [0.25, 0.3) is 0 Å². The molecule has 1 aliphatic heterocycles. The molecule has 2 aromatic rings. The third kappa shape index (κ3) is 5.06. The van der Waals surface area contributed by atoms with Crippen LogP contribution >= 0.6 is 11.6 Å². The minimum Gasteiger partial charge on any atom is -0.393 e. The second kappa shape index (κ2) is 8.82. The molecule has 2 aromatic carbocycles. The number of aliphatic hydroxyl groups is 1. The molecular weight excluding hydrogens is 450 g/mol. The van der Waals surface area contributed by atoms with Gasteiger partial charge in [0.25, 0.3) is 5.91 Å². The first-order chi connectivity index (χ1) is 14.4. The zero-order chi connectivity index (χ0) is 23.0. The molecular formula is C21H23ClF2N2O4S. The fourth-order valence-electron chi connectivity index (χ4n) is 3.54. The second-order valence-corrected chi connectivity index (χ2v) is 10.3. The largest absolute Gasteiger partial charge is 0.393 e. The van der Waals surface area contributed by atoms with Gasteiger partial charge in [-0.05, 0) is 69.5 Å². The van der Waals surface area contributed by atoms with Crippen molar-refractivity contribution in [3.63, 3.8) is 0 Å². The van der Waals surface area contributed by atoms with Crippen molar-refractivity contribution < 1.29 is 27.1 Å². The van der Waals surface area contributed by atoms with E-state index >= 15 is 0 Å². The van der Waals surface area contributed by atoms with E-state index in [-0.39, 0.29) is 29.2 Å². The first-order valence-electron chi connectivity index (χ1n) is 9.69. The second-order valence-electron chi connectivity index (χ2n) is 8.10. The number of hydrogen-bond acceptors (Lipinski definition) is 4. The first kappa shape index (κ1) is 23.6. The van der Waals surface area contributed by atoms with E-state index in [4.69, 9.17) is 11.6 Å². The number of carbonyl (C=O) groups is 1. The van der Waals surface area contributed by atoms with E-state index in [1.165, 1.54) is 16.4 Å². The number of anilines is 1. The molecule has 1 heterocycles. The van der Waals surface area contributed by atoms with Gasteiger partial charge in [-0.3, -0.25) is 4.79 Å². The summed E-state index contributed by atoms with van der Waals surface area (Å²) in [5.41, 5.74) is -0.729. The summed E-state index contributed by atoms with van der Waals surface area (Å²) in [5.74, 6) is -2.34. The zero-order valence-electron chi connectivity index (χ0n) is 17.0. The number of sulfonamides is 1. The Balaban J connectivity index is 1.94. The van der Waals surface area contributed by atoms with Crippen molar-refractivity contribution in [1.29, 1.82) is 0 Å². The van der Waals surface area contributed by atoms with Gasteiger partial charge in [-0.1, -0.05) is 11.6 Å². The van der Waals surface area contributed by atoms with E-state index in [2.05, 4.69) is 5.32 Å². The Hall–Kier alpha value is -2.07. The highest BCUT2D eigenvalue weighted by atomic mass is 35.5. The Bertz CT molecular complexity index is 1110. The number of benzene rings is 2. The predicted octanol–water partition coefficient (Wildman–Crippen LogP) is 4.18. The summed E-state index contributed by atoms with van der Waals surface area (Å²) in [5, 5.41) is 12.2. The van der Waals surface area contributed by atoms with Crippen LogP contribution in [0.2, 0.25) is 5.02 Å². The fraction of sp³-hybridized carbons (Fsp3) is 0.381. The molecule has 168 valence electrons. The molecule has 6 nitrogen and oxygen atoms in total. The lowest BCUT2D eigenvalue weighted by atomic mass is 9.98. The molecule has 3 rings (SSSR count). The van der Waals surface area contributed by atoms with Gasteiger partial charge in [0.2, 0.25) is 10.0 Å². The highest BCUT2D eigenvalue weighted by molar-refractivity contribution is 7.89. The average Bonchev–Trinajstić information content (AvgIpc) is 2.83. The molecule has 0 aromatic heterocycles. The molecule has 10 heteroatoms. The van der Waals surface area contributed by atoms with Gasteiger partial charge in [-0.25, -0.2) is 17.2 Å². The van der Waals surface area contributed by atoms with Crippen LogP contribution < -0.4 is 5.32 Å². The third-order valence-electron chi connectivity index (χ3n) is 5.37. The summed E-state index contributed by atoms with van der Waals surface area (Å²) in [6, 6.07) is 6.63. The molecule has 1 saturated heterocycles. The van der Waals surface area contributed by atoms with Gasteiger partial charge >= 0.3 is 0 Å². The maximum absolute atomic E-state index is 14.6.